The molecule has 0 spiro atoms. The zero-order chi connectivity index (χ0) is 17.0. The quantitative estimate of drug-likeness (QED) is 0.639. The van der Waals surface area contributed by atoms with Crippen LogP contribution in [0.1, 0.15) is 32.6 Å². The van der Waals surface area contributed by atoms with Gasteiger partial charge < -0.3 is 25.4 Å². The molecular weight excluding hydrogens is 306 g/mol. The van der Waals surface area contributed by atoms with E-state index in [-0.39, 0.29) is 6.03 Å². The Morgan fingerprint density at radius 3 is 3.08 bits per heavy atom. The number of hydrogen-bond donors (Lipinski definition) is 3. The van der Waals surface area contributed by atoms with E-state index in [1.165, 1.54) is 19.3 Å². The van der Waals surface area contributed by atoms with E-state index in [0.29, 0.717) is 32.4 Å². The second-order valence-electron chi connectivity index (χ2n) is 5.91. The van der Waals surface area contributed by atoms with Crippen LogP contribution in [-0.2, 0) is 4.74 Å². The van der Waals surface area contributed by atoms with Crippen LogP contribution < -0.4 is 20.7 Å². The highest BCUT2D eigenvalue weighted by atomic mass is 16.5. The molecule has 24 heavy (non-hydrogen) atoms. The van der Waals surface area contributed by atoms with Gasteiger partial charge in [-0.1, -0.05) is 18.9 Å². The molecule has 0 saturated carbocycles. The highest BCUT2D eigenvalue weighted by Crippen LogP contribution is 2.17. The van der Waals surface area contributed by atoms with Gasteiger partial charge in [-0.15, -0.1) is 0 Å². The van der Waals surface area contributed by atoms with Gasteiger partial charge in [0.1, 0.15) is 12.4 Å². The number of nitrogens with one attached hydrogen (secondary N) is 3. The lowest BCUT2D eigenvalue weighted by molar-refractivity contribution is 0.110. The summed E-state index contributed by atoms with van der Waals surface area (Å²) < 4.78 is 10.8. The maximum Gasteiger partial charge on any atom is 0.319 e. The fourth-order valence-electron chi connectivity index (χ4n) is 2.69. The highest BCUT2D eigenvalue weighted by Gasteiger charge is 2.12. The van der Waals surface area contributed by atoms with Crippen molar-refractivity contribution in [3.05, 3.63) is 24.3 Å². The molecule has 1 fully saturated rings. The van der Waals surface area contributed by atoms with Crippen LogP contribution in [0.15, 0.2) is 24.3 Å². The molecule has 0 bridgehead atoms. The summed E-state index contributed by atoms with van der Waals surface area (Å²) in [5.41, 5.74) is 0.718. The Labute approximate surface area is 144 Å². The summed E-state index contributed by atoms with van der Waals surface area (Å²) in [6.45, 7) is 5.38. The minimum absolute atomic E-state index is 0.187. The summed E-state index contributed by atoms with van der Waals surface area (Å²) in [7, 11) is 0. The van der Waals surface area contributed by atoms with Crippen LogP contribution in [0.25, 0.3) is 0 Å². The van der Waals surface area contributed by atoms with Gasteiger partial charge in [-0.3, -0.25) is 0 Å². The first kappa shape index (κ1) is 18.5. The number of ether oxygens (including phenoxy) is 2. The van der Waals surface area contributed by atoms with Gasteiger partial charge >= 0.3 is 6.03 Å². The zero-order valence-corrected chi connectivity index (χ0v) is 14.5. The van der Waals surface area contributed by atoms with Gasteiger partial charge in [0, 0.05) is 30.9 Å². The van der Waals surface area contributed by atoms with Crippen molar-refractivity contribution in [3.63, 3.8) is 0 Å². The summed E-state index contributed by atoms with van der Waals surface area (Å²) >= 11 is 0. The van der Waals surface area contributed by atoms with Gasteiger partial charge in [0.25, 0.3) is 0 Å². The molecule has 1 aromatic carbocycles. The van der Waals surface area contributed by atoms with Crippen molar-refractivity contribution in [2.24, 2.45) is 0 Å². The highest BCUT2D eigenvalue weighted by molar-refractivity contribution is 5.89. The van der Waals surface area contributed by atoms with E-state index in [2.05, 4.69) is 16.0 Å². The van der Waals surface area contributed by atoms with Gasteiger partial charge in [-0.05, 0) is 38.4 Å². The van der Waals surface area contributed by atoms with Crippen molar-refractivity contribution >= 4 is 11.7 Å². The van der Waals surface area contributed by atoms with E-state index in [9.17, 15) is 4.79 Å². The fourth-order valence-corrected chi connectivity index (χ4v) is 2.69. The maximum absolute atomic E-state index is 12.0. The molecular formula is C18H29N3O3. The van der Waals surface area contributed by atoms with Crippen molar-refractivity contribution < 1.29 is 14.3 Å². The first-order valence-corrected chi connectivity index (χ1v) is 8.87. The Morgan fingerprint density at radius 1 is 1.29 bits per heavy atom. The molecule has 1 aliphatic rings. The van der Waals surface area contributed by atoms with E-state index in [1.807, 2.05) is 31.2 Å². The van der Waals surface area contributed by atoms with E-state index in [1.54, 1.807) is 0 Å². The molecule has 6 heteroatoms. The Morgan fingerprint density at radius 2 is 2.21 bits per heavy atom. The lowest BCUT2D eigenvalue weighted by atomic mass is 10.1. The first-order chi connectivity index (χ1) is 11.8. The number of rotatable bonds is 8. The van der Waals surface area contributed by atoms with Gasteiger partial charge in [0.15, 0.2) is 0 Å². The van der Waals surface area contributed by atoms with Crippen molar-refractivity contribution in [1.82, 2.24) is 10.6 Å². The molecule has 1 atom stereocenters. The van der Waals surface area contributed by atoms with Gasteiger partial charge in [0.2, 0.25) is 0 Å². The van der Waals surface area contributed by atoms with E-state index in [4.69, 9.17) is 9.47 Å². The van der Waals surface area contributed by atoms with Crippen molar-refractivity contribution in [2.75, 3.05) is 38.2 Å². The predicted molar refractivity (Wildman–Crippen MR) is 95.7 cm³/mol. The summed E-state index contributed by atoms with van der Waals surface area (Å²) in [4.78, 5) is 12.0. The van der Waals surface area contributed by atoms with Crippen LogP contribution in [-0.4, -0.2) is 45.0 Å². The Bertz CT molecular complexity index is 488. The standard InChI is InChI=1S/C18H29N3O3/c1-2-23-11-12-24-17-9-6-8-15(13-17)21-18(22)20-14-16-7-4-3-5-10-19-16/h6,8-9,13,16,19H,2-5,7,10-12,14H2,1H3,(H2,20,21,22). The third-order valence-electron chi connectivity index (χ3n) is 3.96. The first-order valence-electron chi connectivity index (χ1n) is 8.87. The molecule has 1 aliphatic heterocycles. The van der Waals surface area contributed by atoms with E-state index >= 15 is 0 Å². The van der Waals surface area contributed by atoms with E-state index < -0.39 is 0 Å². The molecule has 6 nitrogen and oxygen atoms in total. The molecule has 2 rings (SSSR count). The molecule has 3 N–H and O–H groups in total. The molecule has 1 heterocycles. The summed E-state index contributed by atoms with van der Waals surface area (Å²) in [6, 6.07) is 7.57. The average molecular weight is 335 g/mol. The second kappa shape index (κ2) is 10.9. The normalized spacial score (nSPS) is 17.8. The van der Waals surface area contributed by atoms with Gasteiger partial charge in [-0.25, -0.2) is 4.79 Å². The van der Waals surface area contributed by atoms with Crippen LogP contribution in [0.3, 0.4) is 0 Å². The molecule has 0 radical (unpaired) electrons. The third kappa shape index (κ3) is 7.19. The number of amides is 2. The second-order valence-corrected chi connectivity index (χ2v) is 5.91. The average Bonchev–Trinajstić information content (AvgIpc) is 2.86. The number of carbonyl (C=O) groups excluding carboxylic acids is 1. The molecule has 0 aliphatic carbocycles. The lowest BCUT2D eigenvalue weighted by Gasteiger charge is -2.17. The molecule has 0 aromatic heterocycles. The topological polar surface area (TPSA) is 71.6 Å². The van der Waals surface area contributed by atoms with E-state index in [0.717, 1.165) is 24.4 Å². The zero-order valence-electron chi connectivity index (χ0n) is 14.5. The van der Waals surface area contributed by atoms with Gasteiger partial charge in [0.05, 0.1) is 6.61 Å². The number of anilines is 1. The Hall–Kier alpha value is -1.79. The van der Waals surface area contributed by atoms with Gasteiger partial charge in [-0.2, -0.15) is 0 Å². The lowest BCUT2D eigenvalue weighted by Crippen LogP contribution is -2.41. The molecule has 1 saturated heterocycles. The van der Waals surface area contributed by atoms with Crippen molar-refractivity contribution in [3.8, 4) is 5.75 Å². The number of benzene rings is 1. The van der Waals surface area contributed by atoms with Crippen LogP contribution in [0.5, 0.6) is 5.75 Å². The van der Waals surface area contributed by atoms with Crippen molar-refractivity contribution in [1.29, 1.82) is 0 Å². The van der Waals surface area contributed by atoms with Crippen LogP contribution in [0.2, 0.25) is 0 Å². The third-order valence-corrected chi connectivity index (χ3v) is 3.96. The summed E-state index contributed by atoms with van der Waals surface area (Å²) in [5, 5.41) is 9.25. The summed E-state index contributed by atoms with van der Waals surface area (Å²) in [6.07, 6.45) is 4.83. The monoisotopic (exact) mass is 335 g/mol. The minimum atomic E-state index is -0.187. The minimum Gasteiger partial charge on any atom is -0.491 e. The van der Waals surface area contributed by atoms with Crippen LogP contribution >= 0.6 is 0 Å². The maximum atomic E-state index is 12.0. The molecule has 1 unspecified atom stereocenters. The van der Waals surface area contributed by atoms with Crippen molar-refractivity contribution in [2.45, 2.75) is 38.6 Å². The molecule has 1 aromatic rings. The van der Waals surface area contributed by atoms with Crippen LogP contribution in [0, 0.1) is 0 Å². The number of urea groups is 1. The predicted octanol–water partition coefficient (Wildman–Crippen LogP) is 2.76. The number of carbonyl (C=O) groups is 1. The smallest absolute Gasteiger partial charge is 0.319 e. The SMILES string of the molecule is CCOCCOc1cccc(NC(=O)NCC2CCCCCN2)c1. The molecule has 134 valence electrons. The Kier molecular flexibility index (Phi) is 8.41. The van der Waals surface area contributed by atoms with Crippen LogP contribution in [0.4, 0.5) is 10.5 Å². The fraction of sp³-hybridized carbons (Fsp3) is 0.611. The summed E-state index contributed by atoms with van der Waals surface area (Å²) in [5.74, 6) is 0.720. The molecule has 2 amide bonds. The largest absolute Gasteiger partial charge is 0.491 e. The Balaban J connectivity index is 1.72. The number of hydrogen-bond acceptors (Lipinski definition) is 4.